The molecule has 3 rings (SSSR count). The number of rotatable bonds is 8. The Morgan fingerprint density at radius 1 is 0.875 bits per heavy atom. The molecule has 7 heteroatoms. The highest BCUT2D eigenvalue weighted by atomic mass is 19.4. The highest BCUT2D eigenvalue weighted by Crippen LogP contribution is 2.37. The Bertz CT molecular complexity index is 1070. The zero-order valence-corrected chi connectivity index (χ0v) is 17.8. The minimum absolute atomic E-state index is 0.0513. The highest BCUT2D eigenvalue weighted by molar-refractivity contribution is 5.77. The van der Waals surface area contributed by atoms with Crippen LogP contribution in [0.15, 0.2) is 66.7 Å². The number of hydrogen-bond donors (Lipinski definition) is 1. The van der Waals surface area contributed by atoms with Gasteiger partial charge in [0.1, 0.15) is 5.75 Å². The van der Waals surface area contributed by atoms with Crippen LogP contribution in [0.4, 0.5) is 13.2 Å². The predicted octanol–water partition coefficient (Wildman–Crippen LogP) is 5.39. The van der Waals surface area contributed by atoms with Crippen molar-refractivity contribution in [3.05, 3.63) is 89.0 Å². The minimum atomic E-state index is -4.45. The predicted molar refractivity (Wildman–Crippen MR) is 116 cm³/mol. The van der Waals surface area contributed by atoms with E-state index in [4.69, 9.17) is 9.47 Å². The van der Waals surface area contributed by atoms with E-state index in [1.165, 1.54) is 20.3 Å². The summed E-state index contributed by atoms with van der Waals surface area (Å²) in [6, 6.07) is 18.4. The monoisotopic (exact) mass is 443 g/mol. The van der Waals surface area contributed by atoms with Crippen molar-refractivity contribution < 1.29 is 27.4 Å². The summed E-state index contributed by atoms with van der Waals surface area (Å²) in [7, 11) is 2.80. The van der Waals surface area contributed by atoms with Gasteiger partial charge in [0.25, 0.3) is 0 Å². The van der Waals surface area contributed by atoms with E-state index in [-0.39, 0.29) is 13.0 Å². The second-order valence-electron chi connectivity index (χ2n) is 7.25. The Morgan fingerprint density at radius 3 is 2.28 bits per heavy atom. The summed E-state index contributed by atoms with van der Waals surface area (Å²) >= 11 is 0. The van der Waals surface area contributed by atoms with E-state index in [1.807, 2.05) is 30.3 Å². The van der Waals surface area contributed by atoms with Crippen molar-refractivity contribution in [2.45, 2.75) is 25.7 Å². The number of nitrogens with one attached hydrogen (secondary N) is 1. The molecule has 3 aromatic carbocycles. The topological polar surface area (TPSA) is 47.6 Å². The van der Waals surface area contributed by atoms with Gasteiger partial charge >= 0.3 is 12.1 Å². The van der Waals surface area contributed by atoms with Gasteiger partial charge in [0, 0.05) is 18.7 Å². The molecule has 0 unspecified atom stereocenters. The first-order chi connectivity index (χ1) is 15.3. The molecule has 0 fully saturated rings. The fourth-order valence-corrected chi connectivity index (χ4v) is 3.43. The zero-order valence-electron chi connectivity index (χ0n) is 17.8. The Labute approximate surface area is 185 Å². The maximum absolute atomic E-state index is 13.4. The molecule has 4 nitrogen and oxygen atoms in total. The lowest BCUT2D eigenvalue weighted by atomic mass is 9.94. The van der Waals surface area contributed by atoms with Crippen LogP contribution in [0.5, 0.6) is 5.75 Å². The van der Waals surface area contributed by atoms with Crippen LogP contribution in [0.2, 0.25) is 0 Å². The van der Waals surface area contributed by atoms with Gasteiger partial charge < -0.3 is 14.8 Å². The Balaban J connectivity index is 1.98. The molecule has 168 valence electrons. The third kappa shape index (κ3) is 5.88. The summed E-state index contributed by atoms with van der Waals surface area (Å²) in [5.41, 5.74) is 2.67. The minimum Gasteiger partial charge on any atom is -0.496 e. The van der Waals surface area contributed by atoms with E-state index < -0.39 is 17.7 Å². The van der Waals surface area contributed by atoms with E-state index in [9.17, 15) is 18.0 Å². The normalized spacial score (nSPS) is 11.3. The molecule has 0 radical (unpaired) electrons. The van der Waals surface area contributed by atoms with Crippen molar-refractivity contribution in [1.29, 1.82) is 0 Å². The van der Waals surface area contributed by atoms with Gasteiger partial charge in [-0.3, -0.25) is 4.79 Å². The number of benzene rings is 3. The third-order valence-electron chi connectivity index (χ3n) is 5.05. The van der Waals surface area contributed by atoms with Gasteiger partial charge in [0.15, 0.2) is 0 Å². The highest BCUT2D eigenvalue weighted by Gasteiger charge is 2.31. The van der Waals surface area contributed by atoms with E-state index in [0.717, 1.165) is 17.7 Å². The maximum atomic E-state index is 13.4. The maximum Gasteiger partial charge on any atom is 0.416 e. The number of carbonyl (C=O) groups is 1. The number of esters is 1. The fraction of sp³-hybridized carbons (Fsp3) is 0.240. The van der Waals surface area contributed by atoms with Crippen LogP contribution in [0, 0.1) is 0 Å². The Kier molecular flexibility index (Phi) is 7.53. The SMILES string of the molecule is COC(=O)Cc1ccc(OC)c(-c2ccc(C(F)(F)F)cc2CNCc2ccccc2)c1. The van der Waals surface area contributed by atoms with Crippen LogP contribution in [0.25, 0.3) is 11.1 Å². The number of carbonyl (C=O) groups excluding carboxylic acids is 1. The second kappa shape index (κ2) is 10.3. The fourth-order valence-electron chi connectivity index (χ4n) is 3.43. The van der Waals surface area contributed by atoms with Crippen LogP contribution in [0.3, 0.4) is 0 Å². The second-order valence-corrected chi connectivity index (χ2v) is 7.25. The molecular formula is C25H24F3NO3. The zero-order chi connectivity index (χ0) is 23.1. The Hall–Kier alpha value is -3.32. The molecule has 0 atom stereocenters. The molecule has 0 heterocycles. The van der Waals surface area contributed by atoms with Crippen LogP contribution in [-0.2, 0) is 35.2 Å². The number of alkyl halides is 3. The van der Waals surface area contributed by atoms with Crippen molar-refractivity contribution in [3.63, 3.8) is 0 Å². The van der Waals surface area contributed by atoms with Crippen molar-refractivity contribution in [1.82, 2.24) is 5.32 Å². The number of hydrogen-bond acceptors (Lipinski definition) is 4. The van der Waals surface area contributed by atoms with Crippen LogP contribution in [0.1, 0.15) is 22.3 Å². The average molecular weight is 443 g/mol. The van der Waals surface area contributed by atoms with Gasteiger partial charge in [0.2, 0.25) is 0 Å². The summed E-state index contributed by atoms with van der Waals surface area (Å²) in [6.45, 7) is 0.731. The molecule has 0 aliphatic carbocycles. The lowest BCUT2D eigenvalue weighted by Crippen LogP contribution is -2.15. The number of halogens is 3. The van der Waals surface area contributed by atoms with Crippen LogP contribution >= 0.6 is 0 Å². The molecule has 0 aromatic heterocycles. The summed E-state index contributed by atoms with van der Waals surface area (Å²) in [5.74, 6) is 0.0981. The molecule has 1 N–H and O–H groups in total. The van der Waals surface area contributed by atoms with Crippen molar-refractivity contribution in [2.75, 3.05) is 14.2 Å². The molecule has 0 saturated heterocycles. The molecule has 0 saturated carbocycles. The largest absolute Gasteiger partial charge is 0.496 e. The van der Waals surface area contributed by atoms with Gasteiger partial charge in [-0.15, -0.1) is 0 Å². The van der Waals surface area contributed by atoms with Crippen molar-refractivity contribution in [2.24, 2.45) is 0 Å². The number of ether oxygens (including phenoxy) is 2. The molecule has 32 heavy (non-hydrogen) atoms. The van der Waals surface area contributed by atoms with E-state index in [0.29, 0.717) is 34.5 Å². The van der Waals surface area contributed by atoms with Crippen LogP contribution in [-0.4, -0.2) is 20.2 Å². The van der Waals surface area contributed by atoms with Gasteiger partial charge in [-0.2, -0.15) is 13.2 Å². The quantitative estimate of drug-likeness (QED) is 0.475. The van der Waals surface area contributed by atoms with Gasteiger partial charge in [0.05, 0.1) is 26.2 Å². The molecule has 0 aliphatic heterocycles. The summed E-state index contributed by atoms with van der Waals surface area (Å²) < 4.78 is 50.3. The first-order valence-electron chi connectivity index (χ1n) is 10.0. The van der Waals surface area contributed by atoms with Gasteiger partial charge in [-0.1, -0.05) is 42.5 Å². The first kappa shape index (κ1) is 23.3. The first-order valence-corrected chi connectivity index (χ1v) is 10.0. The lowest BCUT2D eigenvalue weighted by molar-refractivity contribution is -0.140. The molecule has 0 amide bonds. The molecule has 0 spiro atoms. The molecule has 0 aliphatic rings. The van der Waals surface area contributed by atoms with Crippen molar-refractivity contribution >= 4 is 5.97 Å². The Morgan fingerprint density at radius 2 is 1.62 bits per heavy atom. The summed E-state index contributed by atoms with van der Waals surface area (Å²) in [4.78, 5) is 11.7. The number of methoxy groups -OCH3 is 2. The molecule has 3 aromatic rings. The third-order valence-corrected chi connectivity index (χ3v) is 5.05. The molecular weight excluding hydrogens is 419 g/mol. The van der Waals surface area contributed by atoms with Crippen LogP contribution < -0.4 is 10.1 Å². The summed E-state index contributed by atoms with van der Waals surface area (Å²) in [6.07, 6.45) is -4.40. The van der Waals surface area contributed by atoms with E-state index in [1.54, 1.807) is 18.2 Å². The average Bonchev–Trinajstić information content (AvgIpc) is 2.79. The van der Waals surface area contributed by atoms with Crippen molar-refractivity contribution in [3.8, 4) is 16.9 Å². The smallest absolute Gasteiger partial charge is 0.416 e. The lowest BCUT2D eigenvalue weighted by Gasteiger charge is -2.17. The van der Waals surface area contributed by atoms with Gasteiger partial charge in [-0.25, -0.2) is 0 Å². The van der Waals surface area contributed by atoms with E-state index >= 15 is 0 Å². The summed E-state index contributed by atoms with van der Waals surface area (Å²) in [5, 5.41) is 3.22. The standard InChI is InChI=1S/C25H24F3NO3/c1-31-23-11-8-18(13-24(30)32-2)12-22(23)21-10-9-20(25(26,27)28)14-19(21)16-29-15-17-6-4-3-5-7-17/h3-12,14,29H,13,15-16H2,1-2H3. The van der Waals surface area contributed by atoms with E-state index in [2.05, 4.69) is 5.32 Å². The molecule has 0 bridgehead atoms. The van der Waals surface area contributed by atoms with Gasteiger partial charge in [-0.05, 0) is 46.5 Å².